The van der Waals surface area contributed by atoms with Crippen LogP contribution < -0.4 is 11.5 Å². The number of nitrogens with two attached hydrogens (primary N) is 2. The number of nitrogens with zero attached hydrogens (tertiary/aromatic N) is 1. The van der Waals surface area contributed by atoms with Crippen molar-refractivity contribution in [1.82, 2.24) is 4.98 Å². The lowest BCUT2D eigenvalue weighted by atomic mass is 10.1. The van der Waals surface area contributed by atoms with Crippen molar-refractivity contribution in [2.75, 3.05) is 6.54 Å². The van der Waals surface area contributed by atoms with Crippen molar-refractivity contribution < 1.29 is 4.79 Å². The van der Waals surface area contributed by atoms with Crippen molar-refractivity contribution in [2.24, 2.45) is 17.4 Å². The van der Waals surface area contributed by atoms with E-state index in [1.165, 1.54) is 11.3 Å². The molecular weight excluding hydrogens is 246 g/mol. The zero-order valence-electron chi connectivity index (χ0n) is 11.2. The van der Waals surface area contributed by atoms with Gasteiger partial charge in [-0.15, -0.1) is 11.3 Å². The van der Waals surface area contributed by atoms with Crippen LogP contribution in [0.25, 0.3) is 0 Å². The van der Waals surface area contributed by atoms with Gasteiger partial charge in [0, 0.05) is 0 Å². The molecule has 4 N–H and O–H groups in total. The number of primary amides is 1. The molecule has 0 aliphatic rings. The molecule has 0 unspecified atom stereocenters. The first-order valence-corrected chi connectivity index (χ1v) is 7.34. The number of hydrogen-bond acceptors (Lipinski definition) is 4. The second kappa shape index (κ2) is 7.48. The Bertz CT molecular complexity index is 388. The molecule has 4 nitrogen and oxygen atoms in total. The molecule has 1 heterocycles. The fourth-order valence-corrected chi connectivity index (χ4v) is 2.72. The van der Waals surface area contributed by atoms with Crippen LogP contribution in [0.4, 0.5) is 0 Å². The summed E-state index contributed by atoms with van der Waals surface area (Å²) in [5, 5.41) is 1.01. The molecular formula is C13H23N3OS. The summed E-state index contributed by atoms with van der Waals surface area (Å²) in [5.74, 6) is 0.254. The lowest BCUT2D eigenvalue weighted by Crippen LogP contribution is -2.11. The highest BCUT2D eigenvalue weighted by Crippen LogP contribution is 2.22. The van der Waals surface area contributed by atoms with E-state index in [2.05, 4.69) is 18.8 Å². The molecule has 1 rings (SSSR count). The molecule has 0 bridgehead atoms. The number of rotatable bonds is 8. The second-order valence-corrected chi connectivity index (χ2v) is 6.01. The van der Waals surface area contributed by atoms with E-state index in [-0.39, 0.29) is 5.91 Å². The summed E-state index contributed by atoms with van der Waals surface area (Å²) in [6, 6.07) is 0. The van der Waals surface area contributed by atoms with Gasteiger partial charge in [-0.3, -0.25) is 4.79 Å². The molecule has 5 heteroatoms. The van der Waals surface area contributed by atoms with Crippen LogP contribution in [0.15, 0.2) is 0 Å². The Labute approximate surface area is 113 Å². The Kier molecular flexibility index (Phi) is 6.29. The number of aryl methyl sites for hydroxylation is 2. The molecule has 0 atom stereocenters. The number of amides is 1. The molecule has 0 aromatic carbocycles. The van der Waals surface area contributed by atoms with Crippen LogP contribution >= 0.6 is 11.3 Å². The Morgan fingerprint density at radius 1 is 1.33 bits per heavy atom. The van der Waals surface area contributed by atoms with Crippen molar-refractivity contribution in [3.05, 3.63) is 15.6 Å². The lowest BCUT2D eigenvalue weighted by molar-refractivity contribution is 0.100. The van der Waals surface area contributed by atoms with Crippen LogP contribution in [0.3, 0.4) is 0 Å². The molecule has 0 spiro atoms. The largest absolute Gasteiger partial charge is 0.365 e. The highest BCUT2D eigenvalue weighted by atomic mass is 32.1. The van der Waals surface area contributed by atoms with E-state index < -0.39 is 0 Å². The Morgan fingerprint density at radius 3 is 2.61 bits per heavy atom. The number of carbonyl (C=O) groups is 1. The number of aromatic nitrogens is 1. The number of unbranched alkanes of at least 4 members (excludes halogenated alkanes) is 1. The van der Waals surface area contributed by atoms with Gasteiger partial charge in [0.25, 0.3) is 5.91 Å². The average molecular weight is 269 g/mol. The summed E-state index contributed by atoms with van der Waals surface area (Å²) in [4.78, 5) is 16.6. The minimum atomic E-state index is -0.351. The third-order valence-corrected chi connectivity index (χ3v) is 3.94. The topological polar surface area (TPSA) is 82.0 Å². The van der Waals surface area contributed by atoms with E-state index in [0.717, 1.165) is 42.8 Å². The SMILES string of the molecule is CC(C)CCc1nc(CCCCN)sc1C(N)=O. The first kappa shape index (κ1) is 15.1. The van der Waals surface area contributed by atoms with Gasteiger partial charge in [0.05, 0.1) is 10.7 Å². The maximum Gasteiger partial charge on any atom is 0.260 e. The second-order valence-electron chi connectivity index (χ2n) is 4.93. The van der Waals surface area contributed by atoms with Crippen LogP contribution in [0.1, 0.15) is 53.5 Å². The highest BCUT2D eigenvalue weighted by Gasteiger charge is 2.15. The van der Waals surface area contributed by atoms with E-state index >= 15 is 0 Å². The molecule has 0 saturated heterocycles. The van der Waals surface area contributed by atoms with Crippen molar-refractivity contribution in [3.8, 4) is 0 Å². The van der Waals surface area contributed by atoms with E-state index in [1.54, 1.807) is 0 Å². The molecule has 102 valence electrons. The number of thiazole rings is 1. The summed E-state index contributed by atoms with van der Waals surface area (Å²) in [6.45, 7) is 5.03. The van der Waals surface area contributed by atoms with Gasteiger partial charge in [-0.1, -0.05) is 13.8 Å². The van der Waals surface area contributed by atoms with Crippen molar-refractivity contribution in [1.29, 1.82) is 0 Å². The normalized spacial score (nSPS) is 11.1. The first-order valence-electron chi connectivity index (χ1n) is 6.53. The quantitative estimate of drug-likeness (QED) is 0.709. The monoisotopic (exact) mass is 269 g/mol. The van der Waals surface area contributed by atoms with Crippen molar-refractivity contribution in [3.63, 3.8) is 0 Å². The number of hydrogen-bond donors (Lipinski definition) is 2. The van der Waals surface area contributed by atoms with Gasteiger partial charge in [0.1, 0.15) is 4.88 Å². The molecule has 0 fully saturated rings. The summed E-state index contributed by atoms with van der Waals surface area (Å²) < 4.78 is 0. The summed E-state index contributed by atoms with van der Waals surface area (Å²) >= 11 is 1.44. The van der Waals surface area contributed by atoms with E-state index in [4.69, 9.17) is 11.5 Å². The molecule has 0 aliphatic heterocycles. The van der Waals surface area contributed by atoms with Gasteiger partial charge in [0.15, 0.2) is 0 Å². The van der Waals surface area contributed by atoms with Gasteiger partial charge in [0.2, 0.25) is 0 Å². The summed E-state index contributed by atoms with van der Waals surface area (Å²) in [6.07, 6.45) is 4.78. The van der Waals surface area contributed by atoms with Crippen LogP contribution in [0, 0.1) is 5.92 Å². The van der Waals surface area contributed by atoms with E-state index in [9.17, 15) is 4.79 Å². The molecule has 18 heavy (non-hydrogen) atoms. The Morgan fingerprint density at radius 2 is 2.06 bits per heavy atom. The molecule has 1 aromatic heterocycles. The van der Waals surface area contributed by atoms with Crippen LogP contribution in [-0.4, -0.2) is 17.4 Å². The highest BCUT2D eigenvalue weighted by molar-refractivity contribution is 7.13. The zero-order chi connectivity index (χ0) is 13.5. The van der Waals surface area contributed by atoms with Crippen LogP contribution in [-0.2, 0) is 12.8 Å². The third kappa shape index (κ3) is 4.74. The molecule has 1 aromatic rings. The summed E-state index contributed by atoms with van der Waals surface area (Å²) in [5.41, 5.74) is 11.7. The molecule has 1 amide bonds. The first-order chi connectivity index (χ1) is 8.54. The minimum absolute atomic E-state index is 0.351. The maximum atomic E-state index is 11.4. The van der Waals surface area contributed by atoms with E-state index in [0.29, 0.717) is 17.3 Å². The number of carbonyl (C=O) groups excluding carboxylic acids is 1. The average Bonchev–Trinajstić information content (AvgIpc) is 2.70. The lowest BCUT2D eigenvalue weighted by Gasteiger charge is -2.02. The fourth-order valence-electron chi connectivity index (χ4n) is 1.72. The van der Waals surface area contributed by atoms with Crippen molar-refractivity contribution >= 4 is 17.2 Å². The van der Waals surface area contributed by atoms with Gasteiger partial charge in [-0.05, 0) is 44.6 Å². The Balaban J connectivity index is 2.70. The molecule has 0 aliphatic carbocycles. The molecule has 0 radical (unpaired) electrons. The van der Waals surface area contributed by atoms with Crippen LogP contribution in [0.2, 0.25) is 0 Å². The van der Waals surface area contributed by atoms with Crippen LogP contribution in [0.5, 0.6) is 0 Å². The van der Waals surface area contributed by atoms with Gasteiger partial charge in [-0.2, -0.15) is 0 Å². The Hall–Kier alpha value is -0.940. The standard InChI is InChI=1S/C13H23N3OS/c1-9(2)6-7-10-12(13(15)17)18-11(16-10)5-3-4-8-14/h9H,3-8,14H2,1-2H3,(H2,15,17). The third-order valence-electron chi connectivity index (χ3n) is 2.77. The van der Waals surface area contributed by atoms with Gasteiger partial charge in [-0.25, -0.2) is 4.98 Å². The predicted octanol–water partition coefficient (Wildman–Crippen LogP) is 2.11. The smallest absolute Gasteiger partial charge is 0.260 e. The zero-order valence-corrected chi connectivity index (χ0v) is 12.1. The van der Waals surface area contributed by atoms with Gasteiger partial charge >= 0.3 is 0 Å². The fraction of sp³-hybridized carbons (Fsp3) is 0.692. The predicted molar refractivity (Wildman–Crippen MR) is 75.8 cm³/mol. The molecule has 0 saturated carbocycles. The van der Waals surface area contributed by atoms with Crippen molar-refractivity contribution in [2.45, 2.75) is 46.0 Å². The summed E-state index contributed by atoms with van der Waals surface area (Å²) in [7, 11) is 0. The van der Waals surface area contributed by atoms with E-state index in [1.807, 2.05) is 0 Å². The van der Waals surface area contributed by atoms with Gasteiger partial charge < -0.3 is 11.5 Å². The maximum absolute atomic E-state index is 11.4. The minimum Gasteiger partial charge on any atom is -0.365 e.